The van der Waals surface area contributed by atoms with Crippen molar-refractivity contribution in [3.63, 3.8) is 0 Å². The van der Waals surface area contributed by atoms with Crippen LogP contribution in [0.4, 0.5) is 13.2 Å². The van der Waals surface area contributed by atoms with Gasteiger partial charge in [0.05, 0.1) is 28.3 Å². The highest BCUT2D eigenvalue weighted by Gasteiger charge is 2.30. The van der Waals surface area contributed by atoms with Gasteiger partial charge in [0.1, 0.15) is 0 Å². The minimum absolute atomic E-state index is 0.0589. The Kier molecular flexibility index (Phi) is 6.53. The molecule has 1 fully saturated rings. The molecule has 1 aliphatic rings. The fourth-order valence-electron chi connectivity index (χ4n) is 3.12. The van der Waals surface area contributed by atoms with E-state index in [9.17, 15) is 18.0 Å². The maximum atomic E-state index is 12.8. The summed E-state index contributed by atoms with van der Waals surface area (Å²) in [6, 6.07) is 9.79. The molecule has 0 aliphatic carbocycles. The zero-order valence-corrected chi connectivity index (χ0v) is 16.3. The van der Waals surface area contributed by atoms with Crippen molar-refractivity contribution >= 4 is 29.1 Å². The number of amides is 1. The first-order chi connectivity index (χ1) is 13.2. The van der Waals surface area contributed by atoms with Crippen LogP contribution in [0.2, 0.25) is 10.0 Å². The molecule has 2 aromatic carbocycles. The second-order valence-corrected chi connectivity index (χ2v) is 7.47. The van der Waals surface area contributed by atoms with Gasteiger partial charge in [0, 0.05) is 18.7 Å². The molecule has 1 atom stereocenters. The number of rotatable bonds is 4. The third-order valence-electron chi connectivity index (χ3n) is 4.57. The summed E-state index contributed by atoms with van der Waals surface area (Å²) >= 11 is 11.9. The summed E-state index contributed by atoms with van der Waals surface area (Å²) in [4.78, 5) is 14.3. The third kappa shape index (κ3) is 5.19. The lowest BCUT2D eigenvalue weighted by molar-refractivity contribution is -0.137. The van der Waals surface area contributed by atoms with Crippen molar-refractivity contribution in [1.29, 1.82) is 0 Å². The zero-order chi connectivity index (χ0) is 20.3. The van der Waals surface area contributed by atoms with Gasteiger partial charge in [-0.05, 0) is 48.7 Å². The van der Waals surface area contributed by atoms with Gasteiger partial charge in [-0.3, -0.25) is 4.79 Å². The summed E-state index contributed by atoms with van der Waals surface area (Å²) < 4.78 is 44.2. The maximum Gasteiger partial charge on any atom is 0.416 e. The van der Waals surface area contributed by atoms with E-state index in [1.807, 2.05) is 0 Å². The molecular formula is C20H18Cl2F3NO2. The number of hydrogen-bond donors (Lipinski definition) is 0. The van der Waals surface area contributed by atoms with E-state index in [2.05, 4.69) is 0 Å². The summed E-state index contributed by atoms with van der Waals surface area (Å²) in [6.07, 6.45) is -3.14. The van der Waals surface area contributed by atoms with E-state index in [-0.39, 0.29) is 18.6 Å². The molecule has 0 radical (unpaired) electrons. The summed E-state index contributed by atoms with van der Waals surface area (Å²) in [6.45, 7) is 1.02. The molecule has 0 saturated carbocycles. The minimum Gasteiger partial charge on any atom is -0.372 e. The van der Waals surface area contributed by atoms with E-state index in [0.29, 0.717) is 34.3 Å². The molecule has 1 unspecified atom stereocenters. The first-order valence-corrected chi connectivity index (χ1v) is 9.51. The smallest absolute Gasteiger partial charge is 0.372 e. The van der Waals surface area contributed by atoms with E-state index in [0.717, 1.165) is 25.0 Å². The van der Waals surface area contributed by atoms with Gasteiger partial charge >= 0.3 is 6.18 Å². The van der Waals surface area contributed by atoms with E-state index < -0.39 is 11.7 Å². The SMILES string of the molecule is O=C(c1ccc(Cl)c(Cl)c1)N1CCCC(OCc2cccc(C(F)(F)F)c2)C1. The molecule has 1 amide bonds. The summed E-state index contributed by atoms with van der Waals surface area (Å²) in [5.41, 5.74) is 0.185. The number of benzene rings is 2. The number of piperidine rings is 1. The first-order valence-electron chi connectivity index (χ1n) is 8.76. The molecule has 1 aliphatic heterocycles. The van der Waals surface area contributed by atoms with E-state index in [1.165, 1.54) is 12.1 Å². The van der Waals surface area contributed by atoms with Gasteiger partial charge in [-0.15, -0.1) is 0 Å². The first kappa shape index (κ1) is 21.0. The Morgan fingerprint density at radius 1 is 1.14 bits per heavy atom. The van der Waals surface area contributed by atoms with Crippen LogP contribution in [0.15, 0.2) is 42.5 Å². The quantitative estimate of drug-likeness (QED) is 0.608. The summed E-state index contributed by atoms with van der Waals surface area (Å²) in [7, 11) is 0. The molecule has 2 aromatic rings. The van der Waals surface area contributed by atoms with Crippen LogP contribution in [-0.2, 0) is 17.5 Å². The highest BCUT2D eigenvalue weighted by atomic mass is 35.5. The van der Waals surface area contributed by atoms with Gasteiger partial charge in [0.25, 0.3) is 5.91 Å². The Morgan fingerprint density at radius 3 is 2.64 bits per heavy atom. The Bertz CT molecular complexity index is 858. The second kappa shape index (κ2) is 8.72. The highest BCUT2D eigenvalue weighted by molar-refractivity contribution is 6.42. The van der Waals surface area contributed by atoms with Crippen LogP contribution in [0, 0.1) is 0 Å². The minimum atomic E-state index is -4.38. The number of halogens is 5. The Balaban J connectivity index is 1.61. The van der Waals surface area contributed by atoms with Gasteiger partial charge in [0.2, 0.25) is 0 Å². The molecule has 8 heteroatoms. The number of hydrogen-bond acceptors (Lipinski definition) is 2. The molecule has 1 saturated heterocycles. The predicted molar refractivity (Wildman–Crippen MR) is 102 cm³/mol. The molecular weight excluding hydrogens is 414 g/mol. The van der Waals surface area contributed by atoms with Crippen molar-refractivity contribution in [2.24, 2.45) is 0 Å². The predicted octanol–water partition coefficient (Wildman–Crippen LogP) is 5.83. The number of carbonyl (C=O) groups is 1. The lowest BCUT2D eigenvalue weighted by Gasteiger charge is -2.33. The number of likely N-dealkylation sites (tertiary alicyclic amines) is 1. The van der Waals surface area contributed by atoms with Crippen LogP contribution in [0.5, 0.6) is 0 Å². The third-order valence-corrected chi connectivity index (χ3v) is 5.31. The zero-order valence-electron chi connectivity index (χ0n) is 14.8. The number of ether oxygens (including phenoxy) is 1. The van der Waals surface area contributed by atoms with Gasteiger partial charge in [-0.25, -0.2) is 0 Å². The molecule has 0 aromatic heterocycles. The van der Waals surface area contributed by atoms with Crippen molar-refractivity contribution < 1.29 is 22.7 Å². The number of alkyl halides is 3. The molecule has 0 N–H and O–H groups in total. The van der Waals surface area contributed by atoms with Gasteiger partial charge in [-0.1, -0.05) is 35.3 Å². The largest absolute Gasteiger partial charge is 0.416 e. The molecule has 0 bridgehead atoms. The van der Waals surface area contributed by atoms with Crippen molar-refractivity contribution in [2.45, 2.75) is 31.7 Å². The van der Waals surface area contributed by atoms with E-state index in [4.69, 9.17) is 27.9 Å². The van der Waals surface area contributed by atoms with Crippen LogP contribution >= 0.6 is 23.2 Å². The topological polar surface area (TPSA) is 29.5 Å². The second-order valence-electron chi connectivity index (χ2n) is 6.65. The lowest BCUT2D eigenvalue weighted by Crippen LogP contribution is -2.43. The summed E-state index contributed by atoms with van der Waals surface area (Å²) in [5, 5.41) is 0.682. The van der Waals surface area contributed by atoms with Crippen LogP contribution in [-0.4, -0.2) is 30.0 Å². The van der Waals surface area contributed by atoms with E-state index >= 15 is 0 Å². The van der Waals surface area contributed by atoms with Crippen LogP contribution in [0.1, 0.15) is 34.3 Å². The van der Waals surface area contributed by atoms with Crippen LogP contribution in [0.3, 0.4) is 0 Å². The maximum absolute atomic E-state index is 12.8. The van der Waals surface area contributed by atoms with E-state index in [1.54, 1.807) is 23.1 Å². The average molecular weight is 432 g/mol. The summed E-state index contributed by atoms with van der Waals surface area (Å²) in [5.74, 6) is -0.175. The molecule has 3 nitrogen and oxygen atoms in total. The van der Waals surface area contributed by atoms with Gasteiger partial charge in [0.15, 0.2) is 0 Å². The molecule has 1 heterocycles. The average Bonchev–Trinajstić information content (AvgIpc) is 2.68. The molecule has 28 heavy (non-hydrogen) atoms. The van der Waals surface area contributed by atoms with Crippen LogP contribution in [0.25, 0.3) is 0 Å². The molecule has 3 rings (SSSR count). The Labute approximate surface area is 171 Å². The Hall–Kier alpha value is -1.76. The fourth-order valence-corrected chi connectivity index (χ4v) is 3.42. The molecule has 150 valence electrons. The van der Waals surface area contributed by atoms with Gasteiger partial charge in [-0.2, -0.15) is 13.2 Å². The monoisotopic (exact) mass is 431 g/mol. The molecule has 0 spiro atoms. The highest BCUT2D eigenvalue weighted by Crippen LogP contribution is 2.30. The van der Waals surface area contributed by atoms with Crippen molar-refractivity contribution in [3.05, 3.63) is 69.2 Å². The lowest BCUT2D eigenvalue weighted by atomic mass is 10.1. The normalized spacial score (nSPS) is 17.6. The van der Waals surface area contributed by atoms with Gasteiger partial charge < -0.3 is 9.64 Å². The fraction of sp³-hybridized carbons (Fsp3) is 0.350. The van der Waals surface area contributed by atoms with Crippen LogP contribution < -0.4 is 0 Å². The number of carbonyl (C=O) groups excluding carboxylic acids is 1. The Morgan fingerprint density at radius 2 is 1.93 bits per heavy atom. The van der Waals surface area contributed by atoms with Crippen molar-refractivity contribution in [1.82, 2.24) is 4.90 Å². The standard InChI is InChI=1S/C20H18Cl2F3NO2/c21-17-7-6-14(10-18(17)22)19(27)26-8-2-5-16(11-26)28-12-13-3-1-4-15(9-13)20(23,24)25/h1,3-4,6-7,9-10,16H,2,5,8,11-12H2. The van der Waals surface area contributed by atoms with Crippen molar-refractivity contribution in [3.8, 4) is 0 Å². The number of nitrogens with zero attached hydrogens (tertiary/aromatic N) is 1. The van der Waals surface area contributed by atoms with Crippen molar-refractivity contribution in [2.75, 3.05) is 13.1 Å².